The monoisotopic (exact) mass is 255 g/mol. The van der Waals surface area contributed by atoms with Gasteiger partial charge in [0.2, 0.25) is 0 Å². The van der Waals surface area contributed by atoms with Gasteiger partial charge >= 0.3 is 0 Å². The second-order valence-corrected chi connectivity index (χ2v) is 6.53. The summed E-state index contributed by atoms with van der Waals surface area (Å²) in [7, 11) is 0. The molecule has 1 spiro atoms. The molecular formula is C17H21NO. The molecule has 2 bridgehead atoms. The van der Waals surface area contributed by atoms with Crippen molar-refractivity contribution in [1.29, 1.82) is 0 Å². The predicted octanol–water partition coefficient (Wildman–Crippen LogP) is 3.15. The fourth-order valence-electron chi connectivity index (χ4n) is 4.39. The minimum absolute atomic E-state index is 0.0223. The highest BCUT2D eigenvalue weighted by Gasteiger charge is 2.55. The summed E-state index contributed by atoms with van der Waals surface area (Å²) in [6.45, 7) is 8.81. The molecule has 0 N–H and O–H groups in total. The van der Waals surface area contributed by atoms with E-state index in [9.17, 15) is 0 Å². The molecule has 19 heavy (non-hydrogen) atoms. The van der Waals surface area contributed by atoms with Crippen molar-refractivity contribution in [1.82, 2.24) is 0 Å². The maximum absolute atomic E-state index is 6.19. The van der Waals surface area contributed by atoms with Crippen LogP contribution in [0.15, 0.2) is 24.3 Å². The highest BCUT2D eigenvalue weighted by atomic mass is 16.5. The number of aryl methyl sites for hydroxylation is 3. The SMILES string of the molecule is Cc1cc(C)c(N2C[C@H]3C[C@@H]4C=C[C@@]3(C2)O4)c(C)c1. The average Bonchev–Trinajstić information content (AvgIpc) is 2.93. The summed E-state index contributed by atoms with van der Waals surface area (Å²) in [6.07, 6.45) is 6.18. The molecule has 4 rings (SSSR count). The molecule has 2 heteroatoms. The molecule has 0 radical (unpaired) electrons. The maximum atomic E-state index is 6.19. The zero-order chi connectivity index (χ0) is 13.2. The van der Waals surface area contributed by atoms with E-state index in [1.54, 1.807) is 0 Å². The molecule has 1 aromatic carbocycles. The van der Waals surface area contributed by atoms with Crippen LogP contribution in [0.2, 0.25) is 0 Å². The van der Waals surface area contributed by atoms with Crippen molar-refractivity contribution in [2.75, 3.05) is 18.0 Å². The van der Waals surface area contributed by atoms with Gasteiger partial charge in [0.15, 0.2) is 0 Å². The molecule has 2 fully saturated rings. The molecule has 1 aromatic rings. The number of anilines is 1. The van der Waals surface area contributed by atoms with E-state index in [2.05, 4.69) is 50.0 Å². The lowest BCUT2D eigenvalue weighted by atomic mass is 9.86. The van der Waals surface area contributed by atoms with Crippen molar-refractivity contribution in [3.05, 3.63) is 41.0 Å². The van der Waals surface area contributed by atoms with Crippen LogP contribution in [0.4, 0.5) is 5.69 Å². The lowest BCUT2D eigenvalue weighted by molar-refractivity contribution is 0.0351. The largest absolute Gasteiger partial charge is 0.367 e. The van der Waals surface area contributed by atoms with Crippen LogP contribution in [-0.2, 0) is 4.74 Å². The summed E-state index contributed by atoms with van der Waals surface area (Å²) in [4.78, 5) is 2.54. The molecule has 100 valence electrons. The second-order valence-electron chi connectivity index (χ2n) is 6.53. The topological polar surface area (TPSA) is 12.5 Å². The number of ether oxygens (including phenoxy) is 1. The van der Waals surface area contributed by atoms with E-state index in [0.717, 1.165) is 13.1 Å². The molecule has 0 aliphatic carbocycles. The minimum atomic E-state index is 0.0223. The summed E-state index contributed by atoms with van der Waals surface area (Å²) < 4.78 is 6.19. The molecule has 3 atom stereocenters. The van der Waals surface area contributed by atoms with Gasteiger partial charge in [-0.2, -0.15) is 0 Å². The Hall–Kier alpha value is -1.28. The summed E-state index contributed by atoms with van der Waals surface area (Å²) in [5.74, 6) is 0.683. The first-order valence-electron chi connectivity index (χ1n) is 7.27. The van der Waals surface area contributed by atoms with Gasteiger partial charge in [-0.15, -0.1) is 0 Å². The van der Waals surface area contributed by atoms with Crippen molar-refractivity contribution < 1.29 is 4.74 Å². The fourth-order valence-corrected chi connectivity index (χ4v) is 4.39. The van der Waals surface area contributed by atoms with Crippen molar-refractivity contribution in [3.8, 4) is 0 Å². The number of benzene rings is 1. The predicted molar refractivity (Wildman–Crippen MR) is 77.7 cm³/mol. The third-order valence-electron chi connectivity index (χ3n) is 5.00. The van der Waals surface area contributed by atoms with Gasteiger partial charge < -0.3 is 9.64 Å². The number of nitrogens with zero attached hydrogens (tertiary/aromatic N) is 1. The Morgan fingerprint density at radius 1 is 1.21 bits per heavy atom. The number of rotatable bonds is 1. The van der Waals surface area contributed by atoms with Gasteiger partial charge in [-0.05, 0) is 38.3 Å². The molecule has 3 heterocycles. The van der Waals surface area contributed by atoms with Gasteiger partial charge in [0.1, 0.15) is 5.60 Å². The molecule has 3 aliphatic heterocycles. The van der Waals surface area contributed by atoms with Gasteiger partial charge in [0.25, 0.3) is 0 Å². The molecule has 0 amide bonds. The first kappa shape index (κ1) is 11.5. The Bertz CT molecular complexity index is 554. The normalized spacial score (nSPS) is 35.2. The van der Waals surface area contributed by atoms with E-state index < -0.39 is 0 Å². The third-order valence-corrected chi connectivity index (χ3v) is 5.00. The Morgan fingerprint density at radius 3 is 2.58 bits per heavy atom. The summed E-state index contributed by atoms with van der Waals surface area (Å²) in [5, 5.41) is 0. The van der Waals surface area contributed by atoms with Crippen molar-refractivity contribution in [2.45, 2.75) is 38.9 Å². The van der Waals surface area contributed by atoms with Crippen LogP contribution in [0.1, 0.15) is 23.1 Å². The van der Waals surface area contributed by atoms with Crippen LogP contribution >= 0.6 is 0 Å². The quantitative estimate of drug-likeness (QED) is 0.715. The van der Waals surface area contributed by atoms with Crippen LogP contribution in [0.5, 0.6) is 0 Å². The van der Waals surface area contributed by atoms with E-state index >= 15 is 0 Å². The molecule has 2 nitrogen and oxygen atoms in total. The smallest absolute Gasteiger partial charge is 0.109 e. The van der Waals surface area contributed by atoms with Crippen LogP contribution in [0, 0.1) is 26.7 Å². The van der Waals surface area contributed by atoms with Gasteiger partial charge in [-0.1, -0.05) is 29.8 Å². The third kappa shape index (κ3) is 1.53. The van der Waals surface area contributed by atoms with Crippen LogP contribution < -0.4 is 4.90 Å². The van der Waals surface area contributed by atoms with Gasteiger partial charge in [-0.25, -0.2) is 0 Å². The molecule has 0 unspecified atom stereocenters. The molecule has 0 saturated carbocycles. The Kier molecular flexibility index (Phi) is 2.21. The minimum Gasteiger partial charge on any atom is -0.367 e. The highest BCUT2D eigenvalue weighted by Crippen LogP contribution is 2.49. The second kappa shape index (κ2) is 3.63. The Balaban J connectivity index is 1.71. The zero-order valence-electron chi connectivity index (χ0n) is 11.9. The van der Waals surface area contributed by atoms with Gasteiger partial charge in [0.05, 0.1) is 12.6 Å². The summed E-state index contributed by atoms with van der Waals surface area (Å²) in [5.41, 5.74) is 5.59. The van der Waals surface area contributed by atoms with Crippen LogP contribution in [0.25, 0.3) is 0 Å². The van der Waals surface area contributed by atoms with Gasteiger partial charge in [-0.3, -0.25) is 0 Å². The van der Waals surface area contributed by atoms with E-state index in [0.29, 0.717) is 12.0 Å². The first-order valence-corrected chi connectivity index (χ1v) is 7.27. The number of hydrogen-bond acceptors (Lipinski definition) is 2. The van der Waals surface area contributed by atoms with E-state index in [1.165, 1.54) is 28.8 Å². The fraction of sp³-hybridized carbons (Fsp3) is 0.529. The Labute approximate surface area is 115 Å². The molecular weight excluding hydrogens is 234 g/mol. The van der Waals surface area contributed by atoms with E-state index in [4.69, 9.17) is 4.74 Å². The molecule has 3 aliphatic rings. The summed E-state index contributed by atoms with van der Waals surface area (Å²) >= 11 is 0. The van der Waals surface area contributed by atoms with E-state index in [-0.39, 0.29) is 5.60 Å². The Morgan fingerprint density at radius 2 is 1.95 bits per heavy atom. The zero-order valence-corrected chi connectivity index (χ0v) is 11.9. The maximum Gasteiger partial charge on any atom is 0.109 e. The molecule has 0 aromatic heterocycles. The van der Waals surface area contributed by atoms with Crippen molar-refractivity contribution in [3.63, 3.8) is 0 Å². The highest BCUT2D eigenvalue weighted by molar-refractivity contribution is 5.62. The van der Waals surface area contributed by atoms with Gasteiger partial charge in [0, 0.05) is 18.2 Å². The van der Waals surface area contributed by atoms with E-state index in [1.807, 2.05) is 0 Å². The lowest BCUT2D eigenvalue weighted by Crippen LogP contribution is -2.33. The summed E-state index contributed by atoms with van der Waals surface area (Å²) in [6, 6.07) is 4.59. The number of fused-ring (bicyclic) bond motifs is 1. The number of hydrogen-bond donors (Lipinski definition) is 0. The van der Waals surface area contributed by atoms with Crippen LogP contribution in [0.3, 0.4) is 0 Å². The molecule has 2 saturated heterocycles. The van der Waals surface area contributed by atoms with Crippen LogP contribution in [-0.4, -0.2) is 24.8 Å². The van der Waals surface area contributed by atoms with Crippen molar-refractivity contribution >= 4 is 5.69 Å². The average molecular weight is 255 g/mol. The lowest BCUT2D eigenvalue weighted by Gasteiger charge is -2.26. The first-order chi connectivity index (χ1) is 9.07. The van der Waals surface area contributed by atoms with Crippen molar-refractivity contribution in [2.24, 2.45) is 5.92 Å². The standard InChI is InChI=1S/C17H21NO/c1-11-6-12(2)16(13(3)7-11)18-9-14-8-15-4-5-17(14,10-18)19-15/h4-7,14-15H,8-10H2,1-3H3/t14-,15+,17+/m1/s1.